The van der Waals surface area contributed by atoms with Crippen LogP contribution < -0.4 is 15.0 Å². The average molecular weight is 566 g/mol. The van der Waals surface area contributed by atoms with Crippen molar-refractivity contribution in [1.82, 2.24) is 20.2 Å². The predicted molar refractivity (Wildman–Crippen MR) is 147 cm³/mol. The molecule has 2 bridgehead atoms. The molecule has 2 aromatic carbocycles. The van der Waals surface area contributed by atoms with E-state index in [-0.39, 0.29) is 58.3 Å². The van der Waals surface area contributed by atoms with Crippen LogP contribution in [0, 0.1) is 11.6 Å². The molecule has 0 saturated carbocycles. The first kappa shape index (κ1) is 25.2. The summed E-state index contributed by atoms with van der Waals surface area (Å²) in [7, 11) is 0. The highest BCUT2D eigenvalue weighted by Crippen LogP contribution is 2.43. The van der Waals surface area contributed by atoms with E-state index in [9.17, 15) is 9.50 Å². The highest BCUT2D eigenvalue weighted by atomic mass is 19.1. The van der Waals surface area contributed by atoms with E-state index < -0.39 is 23.3 Å². The number of benzene rings is 2. The molecule has 4 atom stereocenters. The first-order valence-electron chi connectivity index (χ1n) is 14.3. The van der Waals surface area contributed by atoms with Crippen molar-refractivity contribution in [2.75, 3.05) is 37.7 Å². The summed E-state index contributed by atoms with van der Waals surface area (Å²) in [5.41, 5.74) is -0.258. The molecule has 2 unspecified atom stereocenters. The molecule has 4 aromatic rings. The van der Waals surface area contributed by atoms with Gasteiger partial charge in [-0.15, -0.1) is 0 Å². The van der Waals surface area contributed by atoms with Crippen molar-refractivity contribution in [2.24, 2.45) is 0 Å². The number of phenolic OH excluding ortho intramolecular Hbond substituents is 1. The van der Waals surface area contributed by atoms with Crippen LogP contribution in [0.5, 0.6) is 11.8 Å². The monoisotopic (exact) mass is 565 g/mol. The maximum Gasteiger partial charge on any atom is 0.319 e. The minimum atomic E-state index is -0.902. The van der Waals surface area contributed by atoms with Crippen molar-refractivity contribution in [3.8, 4) is 23.1 Å². The van der Waals surface area contributed by atoms with E-state index in [0.717, 1.165) is 32.2 Å². The van der Waals surface area contributed by atoms with Crippen molar-refractivity contribution in [3.63, 3.8) is 0 Å². The van der Waals surface area contributed by atoms with Crippen LogP contribution in [-0.4, -0.2) is 76.6 Å². The van der Waals surface area contributed by atoms with Gasteiger partial charge in [-0.2, -0.15) is 9.97 Å². The fourth-order valence-electron chi connectivity index (χ4n) is 7.53. The number of fused-ring (bicyclic) bond motifs is 5. The molecule has 41 heavy (non-hydrogen) atoms. The highest BCUT2D eigenvalue weighted by Gasteiger charge is 2.49. The maximum atomic E-state index is 16.3. The second-order valence-corrected chi connectivity index (χ2v) is 12.0. The van der Waals surface area contributed by atoms with E-state index >= 15 is 8.78 Å². The third-order valence-electron chi connectivity index (χ3n) is 9.34. The number of nitrogens with zero attached hydrogens (tertiary/aromatic N) is 4. The molecule has 6 heterocycles. The lowest BCUT2D eigenvalue weighted by Crippen LogP contribution is -2.51. The zero-order chi connectivity index (χ0) is 27.9. The molecule has 11 heteroatoms. The molecule has 0 radical (unpaired) electrons. The van der Waals surface area contributed by atoms with Crippen LogP contribution in [0.25, 0.3) is 33.2 Å². The Morgan fingerprint density at radius 3 is 2.78 bits per heavy atom. The molecule has 2 aromatic heterocycles. The summed E-state index contributed by atoms with van der Waals surface area (Å²) in [6.07, 6.45) is 3.36. The first-order chi connectivity index (χ1) is 19.9. The Kier molecular flexibility index (Phi) is 5.66. The van der Waals surface area contributed by atoms with Gasteiger partial charge < -0.3 is 24.5 Å². The Hall–Kier alpha value is -3.57. The number of phenols is 1. The summed E-state index contributed by atoms with van der Waals surface area (Å²) < 4.78 is 57.9. The lowest BCUT2D eigenvalue weighted by Gasteiger charge is -2.34. The van der Waals surface area contributed by atoms with Crippen molar-refractivity contribution >= 4 is 27.7 Å². The van der Waals surface area contributed by atoms with Crippen molar-refractivity contribution in [1.29, 1.82) is 0 Å². The Balaban J connectivity index is 1.25. The van der Waals surface area contributed by atoms with Gasteiger partial charge in [-0.3, -0.25) is 4.90 Å². The van der Waals surface area contributed by atoms with E-state index in [0.29, 0.717) is 37.3 Å². The maximum absolute atomic E-state index is 16.3. The Bertz CT molecular complexity index is 1670. The van der Waals surface area contributed by atoms with Gasteiger partial charge in [0.05, 0.1) is 5.54 Å². The largest absolute Gasteiger partial charge is 0.508 e. The molecule has 0 amide bonds. The second kappa shape index (κ2) is 9.22. The first-order valence-corrected chi connectivity index (χ1v) is 14.3. The van der Waals surface area contributed by atoms with Gasteiger partial charge in [0.15, 0.2) is 28.5 Å². The lowest BCUT2D eigenvalue weighted by atomic mass is 9.95. The van der Waals surface area contributed by atoms with E-state index in [4.69, 9.17) is 14.1 Å². The Morgan fingerprint density at radius 1 is 1.12 bits per heavy atom. The number of rotatable bonds is 5. The molecule has 4 saturated heterocycles. The predicted octanol–water partition coefficient (Wildman–Crippen LogP) is 4.92. The molecular formula is C30H30F3N5O3. The van der Waals surface area contributed by atoms with Gasteiger partial charge >= 0.3 is 6.01 Å². The van der Waals surface area contributed by atoms with Crippen molar-refractivity contribution < 1.29 is 27.4 Å². The summed E-state index contributed by atoms with van der Waals surface area (Å²) in [5.74, 6) is -1.31. The molecule has 8 nitrogen and oxygen atoms in total. The highest BCUT2D eigenvalue weighted by molar-refractivity contribution is 6.00. The fourth-order valence-corrected chi connectivity index (χ4v) is 7.53. The quantitative estimate of drug-likeness (QED) is 0.353. The minimum Gasteiger partial charge on any atom is -0.508 e. The van der Waals surface area contributed by atoms with Gasteiger partial charge in [-0.05, 0) is 55.8 Å². The SMILES string of the molecule is Oc1cc(-c2oc3c(N4CC5CCC(C4)N5)nc(OC[C@@]45CCCN4C[C@H](F)C5)nc3c2F)c2c(F)cccc2c1. The Labute approximate surface area is 234 Å². The summed E-state index contributed by atoms with van der Waals surface area (Å²) in [6, 6.07) is 7.73. The van der Waals surface area contributed by atoms with Gasteiger partial charge in [0.25, 0.3) is 0 Å². The van der Waals surface area contributed by atoms with Crippen LogP contribution in [0.2, 0.25) is 0 Å². The minimum absolute atomic E-state index is 0.000102. The molecule has 2 N–H and O–H groups in total. The molecule has 214 valence electrons. The van der Waals surface area contributed by atoms with Crippen LogP contribution in [-0.2, 0) is 0 Å². The van der Waals surface area contributed by atoms with Crippen LogP contribution in [0.15, 0.2) is 34.7 Å². The second-order valence-electron chi connectivity index (χ2n) is 12.0. The Morgan fingerprint density at radius 2 is 1.95 bits per heavy atom. The summed E-state index contributed by atoms with van der Waals surface area (Å²) in [4.78, 5) is 13.4. The van der Waals surface area contributed by atoms with E-state index in [1.807, 2.05) is 0 Å². The van der Waals surface area contributed by atoms with Gasteiger partial charge in [-0.25, -0.2) is 13.2 Å². The summed E-state index contributed by atoms with van der Waals surface area (Å²) >= 11 is 0. The number of alkyl halides is 1. The number of aromatic hydroxyl groups is 1. The van der Waals surface area contributed by atoms with Crippen LogP contribution >= 0.6 is 0 Å². The van der Waals surface area contributed by atoms with Crippen molar-refractivity contribution in [3.05, 3.63) is 42.0 Å². The number of hydrogen-bond acceptors (Lipinski definition) is 8. The molecule has 4 aliphatic heterocycles. The zero-order valence-corrected chi connectivity index (χ0v) is 22.4. The van der Waals surface area contributed by atoms with Crippen molar-refractivity contribution in [2.45, 2.75) is 55.9 Å². The number of halogens is 3. The number of hydrogen-bond donors (Lipinski definition) is 2. The third kappa shape index (κ3) is 4.04. The summed E-state index contributed by atoms with van der Waals surface area (Å²) in [5, 5.41) is 14.5. The normalized spacial score (nSPS) is 27.8. The fraction of sp³-hybridized carbons (Fsp3) is 0.467. The number of anilines is 1. The van der Waals surface area contributed by atoms with E-state index in [1.54, 1.807) is 6.07 Å². The van der Waals surface area contributed by atoms with E-state index in [2.05, 4.69) is 20.1 Å². The smallest absolute Gasteiger partial charge is 0.319 e. The number of aromatic nitrogens is 2. The number of ether oxygens (including phenoxy) is 1. The molecule has 0 spiro atoms. The lowest BCUT2D eigenvalue weighted by molar-refractivity contribution is 0.107. The number of piperazine rings is 1. The van der Waals surface area contributed by atoms with Gasteiger partial charge in [-0.1, -0.05) is 12.1 Å². The topological polar surface area (TPSA) is 86.9 Å². The van der Waals surface area contributed by atoms with Crippen LogP contribution in [0.4, 0.5) is 19.0 Å². The standard InChI is InChI=1S/C30H30F3N5O3/c31-17-11-30(7-2-8-38(30)12-17)15-40-29-35-25-24(33)26(21-10-20(39)9-16-3-1-4-22(32)23(16)21)41-27(25)28(36-29)37-13-18-5-6-19(14-37)34-18/h1,3-4,9-10,17-19,34,39H,2,5-8,11-15H2/t17-,18?,19?,30+/m1/s1. The molecular weight excluding hydrogens is 535 g/mol. The average Bonchev–Trinajstić information content (AvgIpc) is 3.67. The summed E-state index contributed by atoms with van der Waals surface area (Å²) in [6.45, 7) is 2.74. The molecule has 0 aliphatic carbocycles. The molecule has 8 rings (SSSR count). The van der Waals surface area contributed by atoms with Gasteiger partial charge in [0, 0.05) is 49.1 Å². The number of nitrogens with one attached hydrogen (secondary N) is 1. The number of furan rings is 1. The van der Waals surface area contributed by atoms with E-state index in [1.165, 1.54) is 24.3 Å². The third-order valence-corrected chi connectivity index (χ3v) is 9.34. The molecule has 4 aliphatic rings. The van der Waals surface area contributed by atoms with Crippen LogP contribution in [0.1, 0.15) is 32.1 Å². The zero-order valence-electron chi connectivity index (χ0n) is 22.4. The van der Waals surface area contributed by atoms with Gasteiger partial charge in [0.1, 0.15) is 24.3 Å². The van der Waals surface area contributed by atoms with Crippen LogP contribution in [0.3, 0.4) is 0 Å². The molecule has 4 fully saturated rings. The van der Waals surface area contributed by atoms with Gasteiger partial charge in [0.2, 0.25) is 0 Å².